The lowest BCUT2D eigenvalue weighted by molar-refractivity contribution is -0.144. The highest BCUT2D eigenvalue weighted by Gasteiger charge is 2.41. The number of carbonyl (C=O) groups is 3. The van der Waals surface area contributed by atoms with Crippen LogP contribution in [-0.2, 0) is 14.4 Å². The fraction of sp³-hybridized carbons (Fsp3) is 0.562. The third-order valence-corrected chi connectivity index (χ3v) is 4.19. The van der Waals surface area contributed by atoms with E-state index in [-0.39, 0.29) is 12.3 Å². The van der Waals surface area contributed by atoms with Crippen LogP contribution in [0.15, 0.2) is 23.8 Å². The van der Waals surface area contributed by atoms with E-state index in [0.29, 0.717) is 6.54 Å². The van der Waals surface area contributed by atoms with Crippen molar-refractivity contribution < 1.29 is 29.7 Å². The topological polar surface area (TPSA) is 124 Å². The van der Waals surface area contributed by atoms with Crippen LogP contribution in [0.25, 0.3) is 0 Å². The van der Waals surface area contributed by atoms with Gasteiger partial charge in [-0.15, -0.1) is 0 Å². The molecule has 0 radical (unpaired) electrons. The molecule has 0 aromatic carbocycles. The SMILES string of the molecule is C/C(=C/C=C/C(C)(C)C(=O)O)[C@H]1CN[C@H](C(=O)O)[C@H]1CC(=O)O. The van der Waals surface area contributed by atoms with E-state index in [1.54, 1.807) is 39.0 Å². The van der Waals surface area contributed by atoms with Crippen LogP contribution in [0.3, 0.4) is 0 Å². The second kappa shape index (κ2) is 7.41. The Morgan fingerprint density at radius 1 is 1.22 bits per heavy atom. The minimum Gasteiger partial charge on any atom is -0.481 e. The van der Waals surface area contributed by atoms with E-state index < -0.39 is 35.3 Å². The summed E-state index contributed by atoms with van der Waals surface area (Å²) in [5.74, 6) is -3.80. The first-order chi connectivity index (χ1) is 10.6. The van der Waals surface area contributed by atoms with Crippen molar-refractivity contribution in [2.45, 2.75) is 33.2 Å². The number of hydrogen-bond acceptors (Lipinski definition) is 4. The third-order valence-electron chi connectivity index (χ3n) is 4.19. The highest BCUT2D eigenvalue weighted by molar-refractivity contribution is 5.77. The van der Waals surface area contributed by atoms with Gasteiger partial charge in [0.15, 0.2) is 0 Å². The van der Waals surface area contributed by atoms with Gasteiger partial charge >= 0.3 is 17.9 Å². The molecule has 0 aliphatic carbocycles. The van der Waals surface area contributed by atoms with Crippen LogP contribution < -0.4 is 5.32 Å². The summed E-state index contributed by atoms with van der Waals surface area (Å²) >= 11 is 0. The highest BCUT2D eigenvalue weighted by Crippen LogP contribution is 2.32. The quantitative estimate of drug-likeness (QED) is 0.521. The summed E-state index contributed by atoms with van der Waals surface area (Å²) in [5, 5.41) is 30.1. The van der Waals surface area contributed by atoms with Crippen molar-refractivity contribution in [3.8, 4) is 0 Å². The zero-order valence-corrected chi connectivity index (χ0v) is 13.4. The lowest BCUT2D eigenvalue weighted by Gasteiger charge is -2.20. The molecule has 0 aromatic heterocycles. The molecule has 1 heterocycles. The zero-order chi connectivity index (χ0) is 17.8. The Balaban J connectivity index is 2.92. The molecule has 128 valence electrons. The van der Waals surface area contributed by atoms with Crippen LogP contribution in [0.2, 0.25) is 0 Å². The van der Waals surface area contributed by atoms with Crippen LogP contribution in [-0.4, -0.2) is 45.8 Å². The minimum atomic E-state index is -1.06. The summed E-state index contributed by atoms with van der Waals surface area (Å²) in [5.41, 5.74) is -0.181. The van der Waals surface area contributed by atoms with Crippen molar-refractivity contribution in [1.29, 1.82) is 0 Å². The normalized spacial score (nSPS) is 25.7. The van der Waals surface area contributed by atoms with E-state index in [9.17, 15) is 19.5 Å². The van der Waals surface area contributed by atoms with E-state index in [0.717, 1.165) is 5.57 Å². The number of allylic oxidation sites excluding steroid dienone is 2. The minimum absolute atomic E-state index is 0.218. The lowest BCUT2D eigenvalue weighted by atomic mass is 9.83. The number of hydrogen-bond donors (Lipinski definition) is 4. The second-order valence-corrected chi connectivity index (χ2v) is 6.39. The second-order valence-electron chi connectivity index (χ2n) is 6.39. The fourth-order valence-electron chi connectivity index (χ4n) is 2.66. The Morgan fingerprint density at radius 3 is 2.30 bits per heavy atom. The third kappa shape index (κ3) is 4.92. The van der Waals surface area contributed by atoms with E-state index in [4.69, 9.17) is 10.2 Å². The predicted octanol–water partition coefficient (Wildman–Crippen LogP) is 1.36. The van der Waals surface area contributed by atoms with Crippen molar-refractivity contribution in [2.75, 3.05) is 6.54 Å². The van der Waals surface area contributed by atoms with Crippen LogP contribution in [0.4, 0.5) is 0 Å². The standard InChI is InChI=1S/C16H23NO6/c1-9(5-4-6-16(2,3)15(22)23)11-8-17-13(14(20)21)10(11)7-12(18)19/h4-6,10-11,13,17H,7-8H2,1-3H3,(H,18,19)(H,20,21)(H,22,23)/b6-4+,9-5-/t10-,11+,13-/m0/s1. The Bertz CT molecular complexity index is 549. The van der Waals surface area contributed by atoms with Crippen molar-refractivity contribution in [1.82, 2.24) is 5.32 Å². The molecule has 1 aliphatic rings. The van der Waals surface area contributed by atoms with Crippen LogP contribution in [0, 0.1) is 17.3 Å². The summed E-state index contributed by atoms with van der Waals surface area (Å²) in [7, 11) is 0. The molecule has 1 fully saturated rings. The molecular weight excluding hydrogens is 302 g/mol. The average Bonchev–Trinajstić information content (AvgIpc) is 2.81. The van der Waals surface area contributed by atoms with Crippen molar-refractivity contribution >= 4 is 17.9 Å². The van der Waals surface area contributed by atoms with Gasteiger partial charge in [0, 0.05) is 12.5 Å². The maximum absolute atomic E-state index is 11.2. The average molecular weight is 325 g/mol. The summed E-state index contributed by atoms with van der Waals surface area (Å²) < 4.78 is 0. The van der Waals surface area contributed by atoms with Crippen LogP contribution >= 0.6 is 0 Å². The summed E-state index contributed by atoms with van der Waals surface area (Å²) in [4.78, 5) is 33.3. The van der Waals surface area contributed by atoms with Gasteiger partial charge in [-0.25, -0.2) is 0 Å². The number of aliphatic carboxylic acids is 3. The number of carboxylic acids is 3. The Hall–Kier alpha value is -2.15. The number of nitrogens with one attached hydrogen (secondary N) is 1. The first-order valence-electron chi connectivity index (χ1n) is 7.33. The smallest absolute Gasteiger partial charge is 0.321 e. The Kier molecular flexibility index (Phi) is 6.09. The van der Waals surface area contributed by atoms with Gasteiger partial charge in [0.2, 0.25) is 0 Å². The van der Waals surface area contributed by atoms with Gasteiger partial charge in [-0.2, -0.15) is 0 Å². The Labute approximate surface area is 134 Å². The largest absolute Gasteiger partial charge is 0.481 e. The van der Waals surface area contributed by atoms with Gasteiger partial charge in [-0.1, -0.05) is 23.8 Å². The van der Waals surface area contributed by atoms with E-state index in [1.165, 1.54) is 0 Å². The summed E-state index contributed by atoms with van der Waals surface area (Å²) in [6.07, 6.45) is 4.65. The van der Waals surface area contributed by atoms with Gasteiger partial charge in [0.25, 0.3) is 0 Å². The molecule has 23 heavy (non-hydrogen) atoms. The first kappa shape index (κ1) is 18.9. The fourth-order valence-corrected chi connectivity index (χ4v) is 2.66. The number of rotatable bonds is 7. The molecule has 0 saturated carbocycles. The van der Waals surface area contributed by atoms with Crippen molar-refractivity contribution in [3.63, 3.8) is 0 Å². The van der Waals surface area contributed by atoms with Gasteiger partial charge < -0.3 is 20.6 Å². The molecule has 0 spiro atoms. The van der Waals surface area contributed by atoms with E-state index in [2.05, 4.69) is 5.32 Å². The molecule has 0 bridgehead atoms. The molecule has 0 aromatic rings. The predicted molar refractivity (Wildman–Crippen MR) is 83.0 cm³/mol. The zero-order valence-electron chi connectivity index (χ0n) is 13.4. The van der Waals surface area contributed by atoms with Crippen molar-refractivity contribution in [2.24, 2.45) is 17.3 Å². The van der Waals surface area contributed by atoms with E-state index in [1.807, 2.05) is 0 Å². The first-order valence-corrected chi connectivity index (χ1v) is 7.33. The number of carboxylic acid groups (broad SMARTS) is 3. The molecule has 4 N–H and O–H groups in total. The highest BCUT2D eigenvalue weighted by atomic mass is 16.4. The molecule has 7 nitrogen and oxygen atoms in total. The summed E-state index contributed by atoms with van der Waals surface area (Å²) in [6.45, 7) is 5.32. The van der Waals surface area contributed by atoms with Crippen LogP contribution in [0.1, 0.15) is 27.2 Å². The van der Waals surface area contributed by atoms with E-state index >= 15 is 0 Å². The van der Waals surface area contributed by atoms with Crippen LogP contribution in [0.5, 0.6) is 0 Å². The molecule has 3 atom stereocenters. The molecule has 0 unspecified atom stereocenters. The molecule has 1 rings (SSSR count). The maximum Gasteiger partial charge on any atom is 0.321 e. The monoisotopic (exact) mass is 325 g/mol. The summed E-state index contributed by atoms with van der Waals surface area (Å²) in [6, 6.07) is -0.890. The van der Waals surface area contributed by atoms with Gasteiger partial charge in [-0.3, -0.25) is 14.4 Å². The molecular formula is C16H23NO6. The molecule has 0 amide bonds. The molecule has 1 aliphatic heterocycles. The Morgan fingerprint density at radius 2 is 1.83 bits per heavy atom. The van der Waals surface area contributed by atoms with Gasteiger partial charge in [0.1, 0.15) is 6.04 Å². The lowest BCUT2D eigenvalue weighted by Crippen LogP contribution is -2.36. The van der Waals surface area contributed by atoms with Gasteiger partial charge in [-0.05, 0) is 26.7 Å². The molecule has 7 heteroatoms. The van der Waals surface area contributed by atoms with Crippen molar-refractivity contribution in [3.05, 3.63) is 23.8 Å². The molecule has 1 saturated heterocycles. The maximum atomic E-state index is 11.2. The van der Waals surface area contributed by atoms with Gasteiger partial charge in [0.05, 0.1) is 11.8 Å².